The summed E-state index contributed by atoms with van der Waals surface area (Å²) >= 11 is 0. The van der Waals surface area contributed by atoms with E-state index in [1.165, 1.54) is 12.3 Å². The molecule has 0 aliphatic carbocycles. The number of aliphatic hydroxyl groups is 1. The van der Waals surface area contributed by atoms with E-state index in [0.29, 0.717) is 0 Å². The van der Waals surface area contributed by atoms with E-state index < -0.39 is 18.6 Å². The average Bonchev–Trinajstić information content (AvgIpc) is 2.16. The lowest BCUT2D eigenvalue weighted by atomic mass is 10.2. The van der Waals surface area contributed by atoms with Crippen molar-refractivity contribution < 1.29 is 23.0 Å². The Bertz CT molecular complexity index is 313. The van der Waals surface area contributed by atoms with Gasteiger partial charge in [-0.2, -0.15) is 13.2 Å². The van der Waals surface area contributed by atoms with Crippen molar-refractivity contribution in [3.05, 3.63) is 24.3 Å². The number of ether oxygens (including phenoxy) is 1. The first-order chi connectivity index (χ1) is 6.81. The van der Waals surface area contributed by atoms with Gasteiger partial charge in [0.05, 0.1) is 0 Å². The normalized spacial score (nSPS) is 16.1. The van der Waals surface area contributed by atoms with Crippen LogP contribution >= 0.6 is 0 Å². The van der Waals surface area contributed by atoms with Crippen molar-refractivity contribution in [2.75, 3.05) is 6.61 Å². The number of alkyl halides is 3. The molecule has 1 unspecified atom stereocenters. The van der Waals surface area contributed by atoms with Gasteiger partial charge < -0.3 is 9.84 Å². The van der Waals surface area contributed by atoms with Gasteiger partial charge in [0, 0.05) is 6.20 Å². The van der Waals surface area contributed by atoms with Crippen LogP contribution in [-0.4, -0.2) is 27.9 Å². The van der Waals surface area contributed by atoms with Crippen LogP contribution in [0.3, 0.4) is 0 Å². The van der Waals surface area contributed by atoms with Crippen molar-refractivity contribution in [3.8, 4) is 0 Å². The zero-order chi connectivity index (χ0) is 11.5. The van der Waals surface area contributed by atoms with Gasteiger partial charge in [-0.25, -0.2) is 9.97 Å². The first kappa shape index (κ1) is 11.9. The molecular formula is C8H9F3N2O2. The maximum Gasteiger partial charge on any atom is 0.411 e. The Morgan fingerprint density at radius 3 is 2.60 bits per heavy atom. The van der Waals surface area contributed by atoms with Gasteiger partial charge in [-0.15, -0.1) is 0 Å². The third kappa shape index (κ3) is 3.80. The zero-order valence-corrected chi connectivity index (χ0v) is 7.82. The molecule has 0 aromatic carbocycles. The summed E-state index contributed by atoms with van der Waals surface area (Å²) in [5.41, 5.74) is -0.0262. The number of rotatable bonds is 3. The molecule has 0 aliphatic rings. The van der Waals surface area contributed by atoms with E-state index >= 15 is 0 Å². The Morgan fingerprint density at radius 2 is 2.13 bits per heavy atom. The topological polar surface area (TPSA) is 55.2 Å². The maximum absolute atomic E-state index is 11.8. The Balaban J connectivity index is 2.68. The monoisotopic (exact) mass is 222 g/mol. The van der Waals surface area contributed by atoms with Crippen LogP contribution in [0.4, 0.5) is 13.2 Å². The van der Waals surface area contributed by atoms with E-state index in [1.54, 1.807) is 0 Å². The fourth-order valence-corrected chi connectivity index (χ4v) is 0.861. The second-order valence-corrected chi connectivity index (χ2v) is 2.98. The molecule has 15 heavy (non-hydrogen) atoms. The van der Waals surface area contributed by atoms with E-state index in [-0.39, 0.29) is 5.69 Å². The molecule has 1 heterocycles. The minimum atomic E-state index is -4.49. The third-order valence-electron chi connectivity index (χ3n) is 1.57. The van der Waals surface area contributed by atoms with Crippen LogP contribution in [0.15, 0.2) is 18.6 Å². The molecule has 0 fully saturated rings. The molecule has 0 saturated heterocycles. The lowest BCUT2D eigenvalue weighted by Crippen LogP contribution is -2.31. The highest BCUT2D eigenvalue weighted by Crippen LogP contribution is 2.23. The van der Waals surface area contributed by atoms with Crippen LogP contribution in [0.1, 0.15) is 12.6 Å². The van der Waals surface area contributed by atoms with Gasteiger partial charge >= 0.3 is 6.18 Å². The summed E-state index contributed by atoms with van der Waals surface area (Å²) in [5.74, 6) is -2.07. The number of nitrogens with zero attached hydrogens (tertiary/aromatic N) is 2. The van der Waals surface area contributed by atoms with Crippen LogP contribution < -0.4 is 0 Å². The first-order valence-electron chi connectivity index (χ1n) is 4.01. The quantitative estimate of drug-likeness (QED) is 0.781. The molecule has 0 aliphatic heterocycles. The van der Waals surface area contributed by atoms with Gasteiger partial charge in [0.2, 0.25) is 5.79 Å². The molecular weight excluding hydrogens is 213 g/mol. The van der Waals surface area contributed by atoms with Gasteiger partial charge in [-0.1, -0.05) is 0 Å². The van der Waals surface area contributed by atoms with Crippen molar-refractivity contribution in [3.63, 3.8) is 0 Å². The highest BCUT2D eigenvalue weighted by atomic mass is 19.4. The standard InChI is InChI=1S/C8H9F3N2O2/c1-7(14,15-4-8(9,10)11)6-2-3-12-5-13-6/h2-3,5,14H,4H2,1H3. The molecule has 84 valence electrons. The summed E-state index contributed by atoms with van der Waals surface area (Å²) in [6.07, 6.45) is -2.08. The fourth-order valence-electron chi connectivity index (χ4n) is 0.861. The molecule has 1 atom stereocenters. The van der Waals surface area contributed by atoms with E-state index in [0.717, 1.165) is 13.3 Å². The number of aromatic nitrogens is 2. The molecule has 0 amide bonds. The summed E-state index contributed by atoms with van der Waals surface area (Å²) in [5, 5.41) is 9.54. The summed E-state index contributed by atoms with van der Waals surface area (Å²) in [6, 6.07) is 1.27. The predicted octanol–water partition coefficient (Wildman–Crippen LogP) is 1.22. The molecule has 0 spiro atoms. The van der Waals surface area contributed by atoms with Crippen molar-refractivity contribution in [2.24, 2.45) is 0 Å². The summed E-state index contributed by atoms with van der Waals surface area (Å²) in [4.78, 5) is 7.17. The second kappa shape index (κ2) is 4.11. The lowest BCUT2D eigenvalue weighted by molar-refractivity contribution is -0.266. The summed E-state index contributed by atoms with van der Waals surface area (Å²) in [6.45, 7) is -0.453. The zero-order valence-electron chi connectivity index (χ0n) is 7.82. The van der Waals surface area contributed by atoms with Gasteiger partial charge in [-0.05, 0) is 13.0 Å². The lowest BCUT2D eigenvalue weighted by Gasteiger charge is -2.23. The van der Waals surface area contributed by atoms with Crippen LogP contribution in [0.25, 0.3) is 0 Å². The van der Waals surface area contributed by atoms with Crippen molar-refractivity contribution in [1.82, 2.24) is 9.97 Å². The molecule has 0 radical (unpaired) electrons. The molecule has 1 aromatic rings. The predicted molar refractivity (Wildman–Crippen MR) is 43.6 cm³/mol. The van der Waals surface area contributed by atoms with Crippen molar-refractivity contribution in [1.29, 1.82) is 0 Å². The van der Waals surface area contributed by atoms with Crippen LogP contribution in [0, 0.1) is 0 Å². The van der Waals surface area contributed by atoms with Crippen LogP contribution in [-0.2, 0) is 10.5 Å². The summed E-state index contributed by atoms with van der Waals surface area (Å²) in [7, 11) is 0. The molecule has 0 bridgehead atoms. The molecule has 1 aromatic heterocycles. The van der Waals surface area contributed by atoms with Gasteiger partial charge in [0.15, 0.2) is 0 Å². The van der Waals surface area contributed by atoms with E-state index in [4.69, 9.17) is 0 Å². The minimum Gasteiger partial charge on any atom is -0.361 e. The van der Waals surface area contributed by atoms with E-state index in [2.05, 4.69) is 14.7 Å². The first-order valence-corrected chi connectivity index (χ1v) is 4.01. The number of hydrogen-bond donors (Lipinski definition) is 1. The van der Waals surface area contributed by atoms with E-state index in [9.17, 15) is 18.3 Å². The second-order valence-electron chi connectivity index (χ2n) is 2.98. The SMILES string of the molecule is CC(O)(OCC(F)(F)F)c1ccncn1. The molecule has 7 heteroatoms. The number of halogens is 3. The highest BCUT2D eigenvalue weighted by Gasteiger charge is 2.34. The fraction of sp³-hybridized carbons (Fsp3) is 0.500. The Labute approximate surface area is 83.7 Å². The maximum atomic E-state index is 11.8. The Morgan fingerprint density at radius 1 is 1.47 bits per heavy atom. The van der Waals surface area contributed by atoms with E-state index in [1.807, 2.05) is 0 Å². The Kier molecular flexibility index (Phi) is 3.25. The highest BCUT2D eigenvalue weighted by molar-refractivity contribution is 5.04. The Hall–Kier alpha value is -1.21. The molecule has 4 nitrogen and oxygen atoms in total. The van der Waals surface area contributed by atoms with Crippen LogP contribution in [0.5, 0.6) is 0 Å². The number of hydrogen-bond acceptors (Lipinski definition) is 4. The molecule has 1 rings (SSSR count). The average molecular weight is 222 g/mol. The van der Waals surface area contributed by atoms with Crippen LogP contribution in [0.2, 0.25) is 0 Å². The largest absolute Gasteiger partial charge is 0.411 e. The van der Waals surface area contributed by atoms with Gasteiger partial charge in [0.1, 0.15) is 18.6 Å². The molecule has 0 saturated carbocycles. The van der Waals surface area contributed by atoms with Gasteiger partial charge in [-0.3, -0.25) is 0 Å². The van der Waals surface area contributed by atoms with Crippen molar-refractivity contribution >= 4 is 0 Å². The van der Waals surface area contributed by atoms with Crippen molar-refractivity contribution in [2.45, 2.75) is 18.9 Å². The third-order valence-corrected chi connectivity index (χ3v) is 1.57. The minimum absolute atomic E-state index is 0.0262. The molecule has 1 N–H and O–H groups in total. The van der Waals surface area contributed by atoms with Gasteiger partial charge in [0.25, 0.3) is 0 Å². The summed E-state index contributed by atoms with van der Waals surface area (Å²) < 4.78 is 39.8. The smallest absolute Gasteiger partial charge is 0.361 e.